The highest BCUT2D eigenvalue weighted by atomic mass is 35.5. The van der Waals surface area contributed by atoms with Gasteiger partial charge in [-0.2, -0.15) is 5.10 Å². The van der Waals surface area contributed by atoms with Gasteiger partial charge in [0.15, 0.2) is 5.69 Å². The number of aromatic nitrogens is 2. The lowest BCUT2D eigenvalue weighted by Gasteiger charge is -2.36. The Morgan fingerprint density at radius 3 is 2.34 bits per heavy atom. The van der Waals surface area contributed by atoms with Crippen molar-refractivity contribution >= 4 is 29.2 Å². The quantitative estimate of drug-likeness (QED) is 0.429. The summed E-state index contributed by atoms with van der Waals surface area (Å²) in [5, 5.41) is 5.04. The van der Waals surface area contributed by atoms with E-state index in [0.717, 1.165) is 43.1 Å². The van der Waals surface area contributed by atoms with Crippen LogP contribution in [0.4, 0.5) is 5.69 Å². The van der Waals surface area contributed by atoms with E-state index in [4.69, 9.17) is 16.3 Å². The van der Waals surface area contributed by atoms with Crippen LogP contribution in [0.3, 0.4) is 0 Å². The van der Waals surface area contributed by atoms with Crippen molar-refractivity contribution in [1.82, 2.24) is 14.7 Å². The first kappa shape index (κ1) is 24.8. The predicted octanol–water partition coefficient (Wildman–Crippen LogP) is 5.06. The molecular weight excluding hydrogens is 464 g/mol. The van der Waals surface area contributed by atoms with Crippen LogP contribution in [0.5, 0.6) is 0 Å². The van der Waals surface area contributed by atoms with Gasteiger partial charge in [-0.25, -0.2) is 9.48 Å². The molecule has 1 aliphatic rings. The summed E-state index contributed by atoms with van der Waals surface area (Å²) < 4.78 is 6.84. The van der Waals surface area contributed by atoms with Crippen LogP contribution < -0.4 is 4.90 Å². The molecule has 0 aliphatic carbocycles. The smallest absolute Gasteiger partial charge is 0.358 e. The number of benzene rings is 2. The number of amides is 1. The monoisotopic (exact) mass is 494 g/mol. The second kappa shape index (κ2) is 11.0. The zero-order valence-corrected chi connectivity index (χ0v) is 21.2. The fourth-order valence-corrected chi connectivity index (χ4v) is 4.45. The molecular formula is C27H31ClN4O3. The standard InChI is InChI=1S/C27H31ClN4O3/c1-4-35-27(34)23-18-25(32(29-23)24-8-6-5-7-22(24)28)20-9-11-21(12-10-20)30-13-15-31(16-14-30)26(33)17-19(2)3/h5-12,18-19H,4,13-17H2,1-3H3. The molecule has 3 aromatic rings. The molecule has 0 unspecified atom stereocenters. The predicted molar refractivity (Wildman–Crippen MR) is 138 cm³/mol. The van der Waals surface area contributed by atoms with Gasteiger partial charge in [-0.15, -0.1) is 0 Å². The minimum absolute atomic E-state index is 0.230. The Labute approximate surface area is 211 Å². The number of piperazine rings is 1. The molecule has 1 fully saturated rings. The van der Waals surface area contributed by atoms with E-state index >= 15 is 0 Å². The summed E-state index contributed by atoms with van der Waals surface area (Å²) in [6.07, 6.45) is 0.599. The van der Waals surface area contributed by atoms with Crippen molar-refractivity contribution in [3.05, 3.63) is 65.3 Å². The van der Waals surface area contributed by atoms with Crippen LogP contribution in [-0.4, -0.2) is 59.3 Å². The summed E-state index contributed by atoms with van der Waals surface area (Å²) in [6, 6.07) is 17.3. The van der Waals surface area contributed by atoms with E-state index < -0.39 is 5.97 Å². The van der Waals surface area contributed by atoms with Crippen LogP contribution in [0.2, 0.25) is 5.02 Å². The number of hydrogen-bond donors (Lipinski definition) is 0. The van der Waals surface area contributed by atoms with Crippen LogP contribution in [0.25, 0.3) is 16.9 Å². The van der Waals surface area contributed by atoms with Gasteiger partial charge in [-0.3, -0.25) is 4.79 Å². The summed E-state index contributed by atoms with van der Waals surface area (Å²) in [5.74, 6) is 0.137. The minimum Gasteiger partial charge on any atom is -0.461 e. The highest BCUT2D eigenvalue weighted by molar-refractivity contribution is 6.32. The second-order valence-corrected chi connectivity index (χ2v) is 9.42. The van der Waals surface area contributed by atoms with Crippen molar-refractivity contribution in [2.45, 2.75) is 27.2 Å². The SMILES string of the molecule is CCOC(=O)c1cc(-c2ccc(N3CCN(C(=O)CC(C)C)CC3)cc2)n(-c2ccccc2Cl)n1. The van der Waals surface area contributed by atoms with Gasteiger partial charge >= 0.3 is 5.97 Å². The van der Waals surface area contributed by atoms with Gasteiger partial charge in [-0.1, -0.05) is 49.7 Å². The molecule has 4 rings (SSSR count). The first-order chi connectivity index (χ1) is 16.9. The third-order valence-electron chi connectivity index (χ3n) is 6.02. The molecule has 7 nitrogen and oxygen atoms in total. The van der Waals surface area contributed by atoms with Crippen LogP contribution >= 0.6 is 11.6 Å². The molecule has 8 heteroatoms. The van der Waals surface area contributed by atoms with Gasteiger partial charge in [0, 0.05) is 43.9 Å². The zero-order chi connectivity index (χ0) is 24.9. The van der Waals surface area contributed by atoms with E-state index in [9.17, 15) is 9.59 Å². The molecule has 0 spiro atoms. The minimum atomic E-state index is -0.471. The molecule has 1 aliphatic heterocycles. The van der Waals surface area contributed by atoms with E-state index in [1.165, 1.54) is 0 Å². The number of carbonyl (C=O) groups excluding carboxylic acids is 2. The van der Waals surface area contributed by atoms with Gasteiger partial charge in [0.05, 0.1) is 23.0 Å². The van der Waals surface area contributed by atoms with E-state index in [0.29, 0.717) is 23.0 Å². The average molecular weight is 495 g/mol. The molecule has 2 heterocycles. The average Bonchev–Trinajstić information content (AvgIpc) is 3.30. The van der Waals surface area contributed by atoms with Crippen LogP contribution in [0.1, 0.15) is 37.7 Å². The van der Waals surface area contributed by atoms with E-state index in [1.807, 2.05) is 35.2 Å². The Morgan fingerprint density at radius 1 is 1.03 bits per heavy atom. The molecule has 35 heavy (non-hydrogen) atoms. The number of nitrogens with zero attached hydrogens (tertiary/aromatic N) is 4. The van der Waals surface area contributed by atoms with Crippen molar-refractivity contribution < 1.29 is 14.3 Å². The van der Waals surface area contributed by atoms with Gasteiger partial charge < -0.3 is 14.5 Å². The topological polar surface area (TPSA) is 67.7 Å². The lowest BCUT2D eigenvalue weighted by atomic mass is 10.1. The number of esters is 1. The summed E-state index contributed by atoms with van der Waals surface area (Å²) in [5.41, 5.74) is 3.66. The molecule has 0 radical (unpaired) electrons. The maximum Gasteiger partial charge on any atom is 0.358 e. The molecule has 1 amide bonds. The number of anilines is 1. The Kier molecular flexibility index (Phi) is 7.76. The summed E-state index contributed by atoms with van der Waals surface area (Å²) in [4.78, 5) is 29.0. The van der Waals surface area contributed by atoms with E-state index in [-0.39, 0.29) is 18.2 Å². The first-order valence-electron chi connectivity index (χ1n) is 12.0. The van der Waals surface area contributed by atoms with Crippen molar-refractivity contribution in [2.75, 3.05) is 37.7 Å². The van der Waals surface area contributed by atoms with Gasteiger partial charge in [0.25, 0.3) is 0 Å². The number of para-hydroxylation sites is 1. The zero-order valence-electron chi connectivity index (χ0n) is 20.4. The Balaban J connectivity index is 1.56. The Morgan fingerprint density at radius 2 is 1.71 bits per heavy atom. The summed E-state index contributed by atoms with van der Waals surface area (Å²) in [6.45, 7) is 9.25. The van der Waals surface area contributed by atoms with Crippen molar-refractivity contribution in [2.24, 2.45) is 5.92 Å². The molecule has 0 N–H and O–H groups in total. The normalized spacial score (nSPS) is 13.9. The lowest BCUT2D eigenvalue weighted by molar-refractivity contribution is -0.132. The molecule has 184 valence electrons. The maximum absolute atomic E-state index is 12.4. The fraction of sp³-hybridized carbons (Fsp3) is 0.370. The van der Waals surface area contributed by atoms with Crippen LogP contribution in [0, 0.1) is 5.92 Å². The molecule has 0 atom stereocenters. The number of ether oxygens (including phenoxy) is 1. The number of halogens is 1. The second-order valence-electron chi connectivity index (χ2n) is 9.01. The van der Waals surface area contributed by atoms with E-state index in [2.05, 4.69) is 36.0 Å². The van der Waals surface area contributed by atoms with Gasteiger partial charge in [0.2, 0.25) is 5.91 Å². The molecule has 1 saturated heterocycles. The Bertz CT molecular complexity index is 1180. The van der Waals surface area contributed by atoms with Crippen molar-refractivity contribution in [3.63, 3.8) is 0 Å². The highest BCUT2D eigenvalue weighted by Gasteiger charge is 2.23. The number of rotatable bonds is 7. The van der Waals surface area contributed by atoms with Crippen molar-refractivity contribution in [1.29, 1.82) is 0 Å². The number of hydrogen-bond acceptors (Lipinski definition) is 5. The fourth-order valence-electron chi connectivity index (χ4n) is 4.23. The molecule has 0 saturated carbocycles. The van der Waals surface area contributed by atoms with Crippen LogP contribution in [-0.2, 0) is 9.53 Å². The van der Waals surface area contributed by atoms with Gasteiger partial charge in [-0.05, 0) is 43.2 Å². The highest BCUT2D eigenvalue weighted by Crippen LogP contribution is 2.30. The van der Waals surface area contributed by atoms with Gasteiger partial charge in [0.1, 0.15) is 0 Å². The largest absolute Gasteiger partial charge is 0.461 e. The molecule has 0 bridgehead atoms. The van der Waals surface area contributed by atoms with Crippen molar-refractivity contribution in [3.8, 4) is 16.9 Å². The Hall–Kier alpha value is -3.32. The third-order valence-corrected chi connectivity index (χ3v) is 6.34. The summed E-state index contributed by atoms with van der Waals surface area (Å²) in [7, 11) is 0. The van der Waals surface area contributed by atoms with Crippen LogP contribution in [0.15, 0.2) is 54.6 Å². The molecule has 1 aromatic heterocycles. The lowest BCUT2D eigenvalue weighted by Crippen LogP contribution is -2.49. The maximum atomic E-state index is 12.4. The molecule has 2 aromatic carbocycles. The van der Waals surface area contributed by atoms with E-state index in [1.54, 1.807) is 23.7 Å². The third kappa shape index (κ3) is 5.68. The number of carbonyl (C=O) groups is 2. The summed E-state index contributed by atoms with van der Waals surface area (Å²) >= 11 is 6.45. The first-order valence-corrected chi connectivity index (χ1v) is 12.4.